The molecule has 0 saturated heterocycles. The molecule has 2 aromatic carbocycles. The maximum atomic E-state index is 12.3. The highest BCUT2D eigenvalue weighted by atomic mass is 16.5. The Morgan fingerprint density at radius 1 is 1.12 bits per heavy atom. The van der Waals surface area contributed by atoms with Gasteiger partial charge in [0.05, 0.1) is 6.61 Å². The summed E-state index contributed by atoms with van der Waals surface area (Å²) in [6, 6.07) is 13.2. The second-order valence-corrected chi connectivity index (χ2v) is 6.25. The third-order valence-corrected chi connectivity index (χ3v) is 4.52. The zero-order valence-electron chi connectivity index (χ0n) is 15.2. The van der Waals surface area contributed by atoms with Crippen molar-refractivity contribution in [3.05, 3.63) is 59.2 Å². The van der Waals surface area contributed by atoms with Crippen molar-refractivity contribution in [1.82, 2.24) is 5.32 Å². The smallest absolute Gasteiger partial charge is 0.251 e. The van der Waals surface area contributed by atoms with Gasteiger partial charge < -0.3 is 15.0 Å². The summed E-state index contributed by atoms with van der Waals surface area (Å²) in [4.78, 5) is 26.1. The standard InChI is InChI=1S/C21H24N2O3/c1-3-20(24)23-12-11-17-13-15(5-10-19(17)23)14-22-21(25)16-6-8-18(9-7-16)26-4-2/h5-10,13H,3-4,11-12,14H2,1-2H3,(H,22,25). The summed E-state index contributed by atoms with van der Waals surface area (Å²) in [5.74, 6) is 0.797. The maximum Gasteiger partial charge on any atom is 0.251 e. The third kappa shape index (κ3) is 3.87. The van der Waals surface area contributed by atoms with Gasteiger partial charge in [0.2, 0.25) is 5.91 Å². The number of nitrogens with zero attached hydrogens (tertiary/aromatic N) is 1. The van der Waals surface area contributed by atoms with Crippen LogP contribution in [0.3, 0.4) is 0 Å². The lowest BCUT2D eigenvalue weighted by molar-refractivity contribution is -0.118. The number of benzene rings is 2. The largest absolute Gasteiger partial charge is 0.494 e. The predicted octanol–water partition coefficient (Wildman–Crippen LogP) is 3.31. The van der Waals surface area contributed by atoms with E-state index in [1.807, 2.05) is 30.9 Å². The number of fused-ring (bicyclic) bond motifs is 1. The van der Waals surface area contributed by atoms with Gasteiger partial charge in [0.15, 0.2) is 0 Å². The summed E-state index contributed by atoms with van der Waals surface area (Å²) in [7, 11) is 0. The van der Waals surface area contributed by atoms with Crippen LogP contribution in [-0.2, 0) is 17.8 Å². The second kappa shape index (κ2) is 8.04. The Kier molecular flexibility index (Phi) is 5.56. The number of nitrogens with one attached hydrogen (secondary N) is 1. The van der Waals surface area contributed by atoms with E-state index in [4.69, 9.17) is 4.74 Å². The Hall–Kier alpha value is -2.82. The number of ether oxygens (including phenoxy) is 1. The number of hydrogen-bond acceptors (Lipinski definition) is 3. The topological polar surface area (TPSA) is 58.6 Å². The Morgan fingerprint density at radius 2 is 1.88 bits per heavy atom. The van der Waals surface area contributed by atoms with Crippen LogP contribution in [0.2, 0.25) is 0 Å². The average molecular weight is 352 g/mol. The van der Waals surface area contributed by atoms with Gasteiger partial charge in [0.1, 0.15) is 5.75 Å². The van der Waals surface area contributed by atoms with Crippen molar-refractivity contribution in [2.45, 2.75) is 33.2 Å². The van der Waals surface area contributed by atoms with Crippen LogP contribution in [0.25, 0.3) is 0 Å². The number of carbonyl (C=O) groups excluding carboxylic acids is 2. The number of rotatable bonds is 6. The summed E-state index contributed by atoms with van der Waals surface area (Å²) in [6.07, 6.45) is 1.38. The van der Waals surface area contributed by atoms with Crippen LogP contribution in [0.1, 0.15) is 41.8 Å². The maximum absolute atomic E-state index is 12.3. The van der Waals surface area contributed by atoms with E-state index in [1.54, 1.807) is 24.3 Å². The van der Waals surface area contributed by atoms with Gasteiger partial charge in [-0.15, -0.1) is 0 Å². The number of amides is 2. The number of carbonyl (C=O) groups is 2. The molecule has 136 valence electrons. The molecule has 1 heterocycles. The molecular formula is C21H24N2O3. The van der Waals surface area contributed by atoms with E-state index < -0.39 is 0 Å². The molecule has 0 saturated carbocycles. The van der Waals surface area contributed by atoms with E-state index in [0.29, 0.717) is 25.1 Å². The van der Waals surface area contributed by atoms with Crippen molar-refractivity contribution in [2.24, 2.45) is 0 Å². The second-order valence-electron chi connectivity index (χ2n) is 6.25. The summed E-state index contributed by atoms with van der Waals surface area (Å²) in [5, 5.41) is 2.94. The minimum atomic E-state index is -0.115. The predicted molar refractivity (Wildman–Crippen MR) is 102 cm³/mol. The first-order chi connectivity index (χ1) is 12.6. The first-order valence-corrected chi connectivity index (χ1v) is 9.05. The monoisotopic (exact) mass is 352 g/mol. The van der Waals surface area contributed by atoms with Crippen molar-refractivity contribution < 1.29 is 14.3 Å². The van der Waals surface area contributed by atoms with Gasteiger partial charge in [-0.1, -0.05) is 19.1 Å². The van der Waals surface area contributed by atoms with Crippen LogP contribution in [0, 0.1) is 0 Å². The van der Waals surface area contributed by atoms with Crippen LogP contribution >= 0.6 is 0 Å². The lowest BCUT2D eigenvalue weighted by atomic mass is 10.1. The summed E-state index contributed by atoms with van der Waals surface area (Å²) < 4.78 is 5.39. The SMILES string of the molecule is CCOc1ccc(C(=O)NCc2ccc3c(c2)CCN3C(=O)CC)cc1. The molecule has 2 amide bonds. The number of hydrogen-bond donors (Lipinski definition) is 1. The van der Waals surface area contributed by atoms with Gasteiger partial charge in [-0.2, -0.15) is 0 Å². The first-order valence-electron chi connectivity index (χ1n) is 9.05. The van der Waals surface area contributed by atoms with Crippen LogP contribution in [0.4, 0.5) is 5.69 Å². The third-order valence-electron chi connectivity index (χ3n) is 4.52. The van der Waals surface area contributed by atoms with Gasteiger partial charge in [0, 0.05) is 30.8 Å². The fraction of sp³-hybridized carbons (Fsp3) is 0.333. The average Bonchev–Trinajstić information content (AvgIpc) is 3.09. The molecular weight excluding hydrogens is 328 g/mol. The van der Waals surface area contributed by atoms with Crippen molar-refractivity contribution >= 4 is 17.5 Å². The Labute approximate surface area is 154 Å². The molecule has 1 N–H and O–H groups in total. The van der Waals surface area contributed by atoms with Crippen LogP contribution < -0.4 is 15.0 Å². The molecule has 2 aromatic rings. The van der Waals surface area contributed by atoms with Gasteiger partial charge in [-0.3, -0.25) is 9.59 Å². The van der Waals surface area contributed by atoms with E-state index in [2.05, 4.69) is 11.4 Å². The molecule has 0 radical (unpaired) electrons. The van der Waals surface area contributed by atoms with Crippen LogP contribution in [0.5, 0.6) is 5.75 Å². The molecule has 1 aliphatic rings. The Morgan fingerprint density at radius 3 is 2.58 bits per heavy atom. The van der Waals surface area contributed by atoms with E-state index in [9.17, 15) is 9.59 Å². The van der Waals surface area contributed by atoms with Crippen LogP contribution in [-0.4, -0.2) is 25.0 Å². The zero-order chi connectivity index (χ0) is 18.5. The quantitative estimate of drug-likeness (QED) is 0.868. The molecule has 3 rings (SSSR count). The van der Waals surface area contributed by atoms with Crippen LogP contribution in [0.15, 0.2) is 42.5 Å². The Bertz CT molecular complexity index is 799. The highest BCUT2D eigenvalue weighted by molar-refractivity contribution is 5.95. The minimum Gasteiger partial charge on any atom is -0.494 e. The molecule has 1 aliphatic heterocycles. The molecule has 0 aromatic heterocycles. The lowest BCUT2D eigenvalue weighted by Gasteiger charge is -2.16. The molecule has 26 heavy (non-hydrogen) atoms. The van der Waals surface area contributed by atoms with Gasteiger partial charge in [0.25, 0.3) is 5.91 Å². The van der Waals surface area contributed by atoms with Crippen molar-refractivity contribution in [3.8, 4) is 5.75 Å². The molecule has 5 nitrogen and oxygen atoms in total. The highest BCUT2D eigenvalue weighted by Crippen LogP contribution is 2.29. The Balaban J connectivity index is 1.61. The van der Waals surface area contributed by atoms with Gasteiger partial charge >= 0.3 is 0 Å². The minimum absolute atomic E-state index is 0.115. The van der Waals surface area contributed by atoms with E-state index in [1.165, 1.54) is 5.56 Å². The van der Waals surface area contributed by atoms with Gasteiger partial charge in [-0.05, 0) is 54.8 Å². The fourth-order valence-corrected chi connectivity index (χ4v) is 3.17. The van der Waals surface area contributed by atoms with E-state index in [-0.39, 0.29) is 11.8 Å². The van der Waals surface area contributed by atoms with Gasteiger partial charge in [-0.25, -0.2) is 0 Å². The molecule has 0 unspecified atom stereocenters. The molecule has 5 heteroatoms. The molecule has 0 bridgehead atoms. The van der Waals surface area contributed by atoms with E-state index in [0.717, 1.165) is 30.0 Å². The van der Waals surface area contributed by atoms with Crippen molar-refractivity contribution in [3.63, 3.8) is 0 Å². The van der Waals surface area contributed by atoms with Crippen molar-refractivity contribution in [1.29, 1.82) is 0 Å². The molecule has 0 fully saturated rings. The highest BCUT2D eigenvalue weighted by Gasteiger charge is 2.23. The normalized spacial score (nSPS) is 12.6. The summed E-state index contributed by atoms with van der Waals surface area (Å²) in [6.45, 7) is 5.61. The first kappa shape index (κ1) is 18.0. The summed E-state index contributed by atoms with van der Waals surface area (Å²) in [5.41, 5.74) is 3.81. The molecule has 0 atom stereocenters. The molecule has 0 aliphatic carbocycles. The lowest BCUT2D eigenvalue weighted by Crippen LogP contribution is -2.27. The summed E-state index contributed by atoms with van der Waals surface area (Å²) >= 11 is 0. The molecule has 0 spiro atoms. The number of anilines is 1. The van der Waals surface area contributed by atoms with Crippen molar-refractivity contribution in [2.75, 3.05) is 18.1 Å². The fourth-order valence-electron chi connectivity index (χ4n) is 3.17. The zero-order valence-corrected chi connectivity index (χ0v) is 15.2. The van der Waals surface area contributed by atoms with E-state index >= 15 is 0 Å².